The number of unbranched alkanes of at least 4 members (excludes halogenated alkanes) is 1. The van der Waals surface area contributed by atoms with E-state index in [2.05, 4.69) is 136 Å². The number of anilines is 3. The largest absolute Gasteiger partial charge is 0.494 e. The van der Waals surface area contributed by atoms with Crippen molar-refractivity contribution in [3.63, 3.8) is 0 Å². The van der Waals surface area contributed by atoms with E-state index in [4.69, 9.17) is 14.2 Å². The average Bonchev–Trinajstić information content (AvgIpc) is 3.24. The van der Waals surface area contributed by atoms with Gasteiger partial charge in [-0.25, -0.2) is 0 Å². The van der Waals surface area contributed by atoms with Crippen molar-refractivity contribution in [3.05, 3.63) is 72.8 Å². The monoisotopic (exact) mass is 796 g/mol. The van der Waals surface area contributed by atoms with Crippen LogP contribution in [0.5, 0.6) is 17.2 Å². The lowest BCUT2D eigenvalue weighted by Crippen LogP contribution is -2.51. The van der Waals surface area contributed by atoms with Crippen molar-refractivity contribution < 1.29 is 14.2 Å². The Morgan fingerprint density at radius 3 is 1.28 bits per heavy atom. The second-order valence-corrected chi connectivity index (χ2v) is 17.7. The molecule has 6 nitrogen and oxygen atoms in total. The van der Waals surface area contributed by atoms with Crippen LogP contribution in [0.3, 0.4) is 0 Å². The van der Waals surface area contributed by atoms with Gasteiger partial charge in [-0.1, -0.05) is 72.1 Å². The number of ether oxygens (including phenoxy) is 3. The van der Waals surface area contributed by atoms with E-state index in [0.717, 1.165) is 43.1 Å². The first kappa shape index (κ1) is 45.5. The predicted molar refractivity (Wildman–Crippen MR) is 249 cm³/mol. The maximum absolute atomic E-state index is 5.98. The van der Waals surface area contributed by atoms with Crippen molar-refractivity contribution in [1.82, 2.24) is 0 Å². The Morgan fingerprint density at radius 2 is 0.897 bits per heavy atom. The molecule has 2 aliphatic rings. The van der Waals surface area contributed by atoms with Gasteiger partial charge in [-0.05, 0) is 164 Å². The normalized spacial score (nSPS) is 16.8. The van der Waals surface area contributed by atoms with E-state index >= 15 is 0 Å². The molecule has 6 heteroatoms. The van der Waals surface area contributed by atoms with Crippen LogP contribution in [0.1, 0.15) is 158 Å². The van der Waals surface area contributed by atoms with E-state index in [-0.39, 0.29) is 0 Å². The molecule has 5 rings (SSSR count). The van der Waals surface area contributed by atoms with E-state index in [0.29, 0.717) is 55.9 Å². The summed E-state index contributed by atoms with van der Waals surface area (Å²) in [6.45, 7) is 18.9. The SMILES string of the molecule is CCCCC(CC(CCCN(c1ccc(OCC)cc1)C(C)CC(C)C)N(c1ccc(OCC)cc1)C1CCCCC1)N(c1ccc(OCC)cc1)C1CCCCC1. The Morgan fingerprint density at radius 1 is 0.500 bits per heavy atom. The zero-order chi connectivity index (χ0) is 41.1. The van der Waals surface area contributed by atoms with Crippen molar-refractivity contribution in [2.24, 2.45) is 5.92 Å². The lowest BCUT2D eigenvalue weighted by atomic mass is 9.87. The molecule has 2 aliphatic carbocycles. The van der Waals surface area contributed by atoms with Crippen molar-refractivity contribution in [2.75, 3.05) is 41.1 Å². The minimum atomic E-state index is 0.416. The highest BCUT2D eigenvalue weighted by Crippen LogP contribution is 2.38. The fraction of sp³-hybridized carbons (Fsp3) is 0.654. The lowest BCUT2D eigenvalue weighted by molar-refractivity contribution is 0.320. The summed E-state index contributed by atoms with van der Waals surface area (Å²) in [7, 11) is 0. The number of nitrogens with zero attached hydrogens (tertiary/aromatic N) is 3. The maximum Gasteiger partial charge on any atom is 0.119 e. The first-order valence-corrected chi connectivity index (χ1v) is 23.9. The molecule has 0 spiro atoms. The van der Waals surface area contributed by atoms with Crippen LogP contribution in [-0.2, 0) is 0 Å². The molecule has 2 fully saturated rings. The van der Waals surface area contributed by atoms with Gasteiger partial charge < -0.3 is 28.9 Å². The van der Waals surface area contributed by atoms with Gasteiger partial charge in [0.15, 0.2) is 0 Å². The Kier molecular flexibility index (Phi) is 19.3. The number of hydrogen-bond acceptors (Lipinski definition) is 6. The van der Waals surface area contributed by atoms with Crippen LogP contribution in [0.4, 0.5) is 17.1 Å². The van der Waals surface area contributed by atoms with E-state index in [1.807, 2.05) is 0 Å². The topological polar surface area (TPSA) is 37.4 Å². The summed E-state index contributed by atoms with van der Waals surface area (Å²) in [4.78, 5) is 8.55. The van der Waals surface area contributed by atoms with Crippen LogP contribution in [0.15, 0.2) is 72.8 Å². The second-order valence-electron chi connectivity index (χ2n) is 17.7. The van der Waals surface area contributed by atoms with E-state index < -0.39 is 0 Å². The zero-order valence-electron chi connectivity index (χ0n) is 37.8. The standard InChI is InChI=1S/C52H81N3O3/c1-8-12-20-48(54(44-21-15-13-16-22-44)46-28-34-51(35-29-46)57-10-3)40-49(55(45-23-17-14-18-24-45)47-30-36-52(37-31-47)58-11-4)25-19-38-53(42(7)39-41(5)6)43-26-32-50(33-27-43)56-9-2/h26-37,41-42,44-45,48-49H,8-25,38-40H2,1-7H3. The third kappa shape index (κ3) is 13.5. The molecule has 58 heavy (non-hydrogen) atoms. The summed E-state index contributed by atoms with van der Waals surface area (Å²) in [6.07, 6.45) is 21.5. The summed E-state index contributed by atoms with van der Waals surface area (Å²) in [5.74, 6) is 3.54. The second kappa shape index (κ2) is 24.5. The first-order chi connectivity index (χ1) is 28.3. The smallest absolute Gasteiger partial charge is 0.119 e. The predicted octanol–water partition coefficient (Wildman–Crippen LogP) is 13.9. The summed E-state index contributed by atoms with van der Waals surface area (Å²) >= 11 is 0. The molecule has 0 bridgehead atoms. The summed E-state index contributed by atoms with van der Waals surface area (Å²) in [5.41, 5.74) is 4.06. The van der Waals surface area contributed by atoms with Gasteiger partial charge in [0, 0.05) is 53.8 Å². The van der Waals surface area contributed by atoms with Crippen LogP contribution in [-0.4, -0.2) is 56.6 Å². The molecule has 3 aromatic carbocycles. The third-order valence-electron chi connectivity index (χ3n) is 12.8. The molecule has 3 unspecified atom stereocenters. The quantitative estimate of drug-likeness (QED) is 0.0850. The van der Waals surface area contributed by atoms with Crippen molar-refractivity contribution in [3.8, 4) is 17.2 Å². The molecule has 3 atom stereocenters. The minimum absolute atomic E-state index is 0.416. The van der Waals surface area contributed by atoms with E-state index in [9.17, 15) is 0 Å². The lowest BCUT2D eigenvalue weighted by Gasteiger charge is -2.47. The number of benzene rings is 3. The fourth-order valence-corrected chi connectivity index (χ4v) is 10.2. The van der Waals surface area contributed by atoms with Crippen molar-refractivity contribution in [1.29, 1.82) is 0 Å². The molecule has 0 N–H and O–H groups in total. The Bertz CT molecular complexity index is 1510. The molecular weight excluding hydrogens is 715 g/mol. The van der Waals surface area contributed by atoms with Gasteiger partial charge in [0.05, 0.1) is 19.8 Å². The summed E-state index contributed by atoms with van der Waals surface area (Å²) in [6, 6.07) is 29.7. The molecule has 0 aliphatic heterocycles. The highest BCUT2D eigenvalue weighted by Gasteiger charge is 2.34. The van der Waals surface area contributed by atoms with Crippen LogP contribution in [0.25, 0.3) is 0 Å². The van der Waals surface area contributed by atoms with Crippen LogP contribution in [0, 0.1) is 5.92 Å². The molecule has 3 aromatic rings. The molecule has 0 radical (unpaired) electrons. The molecule has 2 saturated carbocycles. The third-order valence-corrected chi connectivity index (χ3v) is 12.8. The van der Waals surface area contributed by atoms with Gasteiger partial charge in [-0.15, -0.1) is 0 Å². The van der Waals surface area contributed by atoms with Gasteiger partial charge in [-0.2, -0.15) is 0 Å². The van der Waals surface area contributed by atoms with Gasteiger partial charge in [0.1, 0.15) is 17.2 Å². The first-order valence-electron chi connectivity index (χ1n) is 23.9. The van der Waals surface area contributed by atoms with Gasteiger partial charge in [-0.3, -0.25) is 0 Å². The average molecular weight is 796 g/mol. The highest BCUT2D eigenvalue weighted by molar-refractivity contribution is 5.54. The molecule has 0 heterocycles. The van der Waals surface area contributed by atoms with Gasteiger partial charge >= 0.3 is 0 Å². The van der Waals surface area contributed by atoms with Gasteiger partial charge in [0.25, 0.3) is 0 Å². The van der Waals surface area contributed by atoms with Gasteiger partial charge in [0.2, 0.25) is 0 Å². The van der Waals surface area contributed by atoms with Crippen LogP contribution >= 0.6 is 0 Å². The fourth-order valence-electron chi connectivity index (χ4n) is 10.2. The van der Waals surface area contributed by atoms with Crippen molar-refractivity contribution >= 4 is 17.1 Å². The molecule has 0 aromatic heterocycles. The molecule has 0 saturated heterocycles. The Hall–Kier alpha value is -3.54. The number of rotatable bonds is 25. The summed E-state index contributed by atoms with van der Waals surface area (Å²) < 4.78 is 17.8. The van der Waals surface area contributed by atoms with E-state index in [1.54, 1.807) is 0 Å². The maximum atomic E-state index is 5.98. The van der Waals surface area contributed by atoms with Crippen LogP contribution < -0.4 is 28.9 Å². The Balaban J connectivity index is 1.54. The zero-order valence-corrected chi connectivity index (χ0v) is 37.8. The van der Waals surface area contributed by atoms with E-state index in [1.165, 1.54) is 107 Å². The Labute approximate surface area is 355 Å². The molecule has 322 valence electrons. The van der Waals surface area contributed by atoms with Crippen molar-refractivity contribution in [2.45, 2.75) is 188 Å². The molecule has 0 amide bonds. The highest BCUT2D eigenvalue weighted by atomic mass is 16.5. The van der Waals surface area contributed by atoms with Crippen LogP contribution in [0.2, 0.25) is 0 Å². The number of hydrogen-bond donors (Lipinski definition) is 0. The minimum Gasteiger partial charge on any atom is -0.494 e. The molecular formula is C52H81N3O3. The summed E-state index contributed by atoms with van der Waals surface area (Å²) in [5, 5.41) is 0.